The van der Waals surface area contributed by atoms with Crippen molar-refractivity contribution >= 4 is 17.5 Å². The number of nitrogens with zero attached hydrogens (tertiary/aromatic N) is 1. The van der Waals surface area contributed by atoms with E-state index in [4.69, 9.17) is 4.74 Å². The van der Waals surface area contributed by atoms with Crippen molar-refractivity contribution in [2.45, 2.75) is 33.6 Å². The Balaban J connectivity index is 2.05. The predicted octanol–water partition coefficient (Wildman–Crippen LogP) is 2.92. The molecule has 126 valence electrons. The van der Waals surface area contributed by atoms with Gasteiger partial charge in [0.25, 0.3) is 0 Å². The number of anilines is 1. The summed E-state index contributed by atoms with van der Waals surface area (Å²) >= 11 is 0. The van der Waals surface area contributed by atoms with Gasteiger partial charge >= 0.3 is 0 Å². The van der Waals surface area contributed by atoms with E-state index < -0.39 is 5.41 Å². The third kappa shape index (κ3) is 4.03. The first-order valence-corrected chi connectivity index (χ1v) is 8.09. The Morgan fingerprint density at radius 2 is 1.91 bits per heavy atom. The van der Waals surface area contributed by atoms with Gasteiger partial charge in [-0.05, 0) is 44.7 Å². The lowest BCUT2D eigenvalue weighted by Gasteiger charge is -2.35. The fraction of sp³-hybridized carbons (Fsp3) is 0.556. The number of methoxy groups -OCH3 is 1. The van der Waals surface area contributed by atoms with Gasteiger partial charge in [-0.2, -0.15) is 0 Å². The van der Waals surface area contributed by atoms with Crippen molar-refractivity contribution in [1.82, 2.24) is 4.90 Å². The molecule has 23 heavy (non-hydrogen) atoms. The van der Waals surface area contributed by atoms with Crippen LogP contribution in [0.3, 0.4) is 0 Å². The van der Waals surface area contributed by atoms with Crippen LogP contribution in [0, 0.1) is 11.3 Å². The SMILES string of the molecule is COc1cccc(NC(=O)C(C)(C)C(=O)N2CCC(C)CC2)c1. The van der Waals surface area contributed by atoms with Crippen LogP contribution in [0.15, 0.2) is 24.3 Å². The van der Waals surface area contributed by atoms with Gasteiger partial charge in [0.15, 0.2) is 0 Å². The zero-order valence-electron chi connectivity index (χ0n) is 14.4. The van der Waals surface area contributed by atoms with Crippen molar-refractivity contribution in [3.63, 3.8) is 0 Å². The average Bonchev–Trinajstić information content (AvgIpc) is 2.55. The van der Waals surface area contributed by atoms with Gasteiger partial charge in [-0.25, -0.2) is 0 Å². The Kier molecular flexibility index (Phi) is 5.29. The van der Waals surface area contributed by atoms with Crippen molar-refractivity contribution in [1.29, 1.82) is 0 Å². The molecular weight excluding hydrogens is 292 g/mol. The molecule has 1 N–H and O–H groups in total. The lowest BCUT2D eigenvalue weighted by atomic mass is 9.88. The van der Waals surface area contributed by atoms with Crippen molar-refractivity contribution in [2.24, 2.45) is 11.3 Å². The summed E-state index contributed by atoms with van der Waals surface area (Å²) in [6.45, 7) is 7.03. The maximum Gasteiger partial charge on any atom is 0.239 e. The molecule has 5 nitrogen and oxygen atoms in total. The van der Waals surface area contributed by atoms with Crippen molar-refractivity contribution in [3.05, 3.63) is 24.3 Å². The molecule has 5 heteroatoms. The van der Waals surface area contributed by atoms with Gasteiger partial charge in [-0.1, -0.05) is 13.0 Å². The normalized spacial score (nSPS) is 16.1. The Labute approximate surface area is 138 Å². The summed E-state index contributed by atoms with van der Waals surface area (Å²) in [5.74, 6) is 0.906. The number of rotatable bonds is 4. The van der Waals surface area contributed by atoms with E-state index in [-0.39, 0.29) is 11.8 Å². The Morgan fingerprint density at radius 3 is 2.52 bits per heavy atom. The Morgan fingerprint density at radius 1 is 1.26 bits per heavy atom. The molecule has 0 atom stereocenters. The summed E-state index contributed by atoms with van der Waals surface area (Å²) in [7, 11) is 1.58. The minimum Gasteiger partial charge on any atom is -0.497 e. The van der Waals surface area contributed by atoms with E-state index in [2.05, 4.69) is 12.2 Å². The fourth-order valence-corrected chi connectivity index (χ4v) is 2.69. The maximum absolute atomic E-state index is 12.7. The molecule has 0 bridgehead atoms. The minimum absolute atomic E-state index is 0.107. The van der Waals surface area contributed by atoms with Crippen LogP contribution in [0.2, 0.25) is 0 Å². The Hall–Kier alpha value is -2.04. The monoisotopic (exact) mass is 318 g/mol. The largest absolute Gasteiger partial charge is 0.497 e. The van der Waals surface area contributed by atoms with E-state index in [1.165, 1.54) is 0 Å². The second kappa shape index (κ2) is 7.02. The van der Waals surface area contributed by atoms with Gasteiger partial charge in [0.2, 0.25) is 11.8 Å². The molecule has 0 radical (unpaired) electrons. The number of likely N-dealkylation sites (tertiary alicyclic amines) is 1. The van der Waals surface area contributed by atoms with Gasteiger partial charge in [0, 0.05) is 24.8 Å². The van der Waals surface area contributed by atoms with Crippen LogP contribution < -0.4 is 10.1 Å². The second-order valence-electron chi connectivity index (χ2n) is 6.79. The van der Waals surface area contributed by atoms with Crippen molar-refractivity contribution < 1.29 is 14.3 Å². The highest BCUT2D eigenvalue weighted by Gasteiger charge is 2.39. The van der Waals surface area contributed by atoms with Crippen LogP contribution in [0.4, 0.5) is 5.69 Å². The number of ether oxygens (including phenoxy) is 1. The fourth-order valence-electron chi connectivity index (χ4n) is 2.69. The number of carbonyl (C=O) groups is 2. The zero-order chi connectivity index (χ0) is 17.0. The molecule has 0 aromatic heterocycles. The lowest BCUT2D eigenvalue weighted by molar-refractivity contribution is -0.147. The van der Waals surface area contributed by atoms with Gasteiger partial charge in [0.05, 0.1) is 7.11 Å². The summed E-state index contributed by atoms with van der Waals surface area (Å²) in [6.07, 6.45) is 2.00. The molecule has 2 amide bonds. The quantitative estimate of drug-likeness (QED) is 0.868. The summed E-state index contributed by atoms with van der Waals surface area (Å²) in [6, 6.07) is 7.13. The van der Waals surface area contributed by atoms with Crippen LogP contribution in [0.25, 0.3) is 0 Å². The molecule has 1 aromatic carbocycles. The first-order chi connectivity index (χ1) is 10.8. The van der Waals surface area contributed by atoms with E-state index in [9.17, 15) is 9.59 Å². The third-order valence-electron chi connectivity index (χ3n) is 4.50. The average molecular weight is 318 g/mol. The topological polar surface area (TPSA) is 58.6 Å². The van der Waals surface area contributed by atoms with E-state index in [0.29, 0.717) is 17.4 Å². The zero-order valence-corrected chi connectivity index (χ0v) is 14.4. The summed E-state index contributed by atoms with van der Waals surface area (Å²) in [5.41, 5.74) is -0.466. The number of carbonyl (C=O) groups excluding carboxylic acids is 2. The number of amides is 2. The summed E-state index contributed by atoms with van der Waals surface area (Å²) in [5, 5.41) is 2.82. The smallest absolute Gasteiger partial charge is 0.239 e. The van der Waals surface area contributed by atoms with Gasteiger partial charge < -0.3 is 15.0 Å². The van der Waals surface area contributed by atoms with E-state index in [1.54, 1.807) is 45.2 Å². The highest BCUT2D eigenvalue weighted by Crippen LogP contribution is 2.26. The van der Waals surface area contributed by atoms with Crippen molar-refractivity contribution in [2.75, 3.05) is 25.5 Å². The molecule has 1 aromatic rings. The van der Waals surface area contributed by atoms with Crippen LogP contribution in [0.5, 0.6) is 5.75 Å². The molecule has 0 saturated carbocycles. The number of benzene rings is 1. The highest BCUT2D eigenvalue weighted by atomic mass is 16.5. The summed E-state index contributed by atoms with van der Waals surface area (Å²) < 4.78 is 5.15. The van der Waals surface area contributed by atoms with Crippen LogP contribution in [-0.2, 0) is 9.59 Å². The number of nitrogens with one attached hydrogen (secondary N) is 1. The van der Waals surface area contributed by atoms with E-state index in [0.717, 1.165) is 25.9 Å². The lowest BCUT2D eigenvalue weighted by Crippen LogP contribution is -2.49. The molecule has 2 rings (SSSR count). The standard InChI is InChI=1S/C18H26N2O3/c1-13-8-10-20(11-9-13)17(22)18(2,3)16(21)19-14-6-5-7-15(12-14)23-4/h5-7,12-13H,8-11H2,1-4H3,(H,19,21). The molecule has 1 fully saturated rings. The van der Waals surface area contributed by atoms with Gasteiger partial charge in [-0.15, -0.1) is 0 Å². The second-order valence-corrected chi connectivity index (χ2v) is 6.79. The van der Waals surface area contributed by atoms with Gasteiger partial charge in [0.1, 0.15) is 11.2 Å². The molecule has 1 saturated heterocycles. The third-order valence-corrected chi connectivity index (χ3v) is 4.50. The molecule has 0 unspecified atom stereocenters. The van der Waals surface area contributed by atoms with Crippen LogP contribution >= 0.6 is 0 Å². The highest BCUT2D eigenvalue weighted by molar-refractivity contribution is 6.09. The molecule has 0 aliphatic carbocycles. The molecule has 0 spiro atoms. The van der Waals surface area contributed by atoms with Crippen molar-refractivity contribution in [3.8, 4) is 5.75 Å². The molecular formula is C18H26N2O3. The number of hydrogen-bond acceptors (Lipinski definition) is 3. The number of hydrogen-bond donors (Lipinski definition) is 1. The first-order valence-electron chi connectivity index (χ1n) is 8.09. The van der Waals surface area contributed by atoms with Crippen LogP contribution in [0.1, 0.15) is 33.6 Å². The van der Waals surface area contributed by atoms with Crippen LogP contribution in [-0.4, -0.2) is 36.9 Å². The van der Waals surface area contributed by atoms with E-state index in [1.807, 2.05) is 4.90 Å². The molecule has 1 heterocycles. The Bertz CT molecular complexity index is 575. The maximum atomic E-state index is 12.7. The molecule has 1 aliphatic rings. The molecule has 1 aliphatic heterocycles. The number of piperidine rings is 1. The minimum atomic E-state index is -1.09. The van der Waals surface area contributed by atoms with E-state index >= 15 is 0 Å². The predicted molar refractivity (Wildman–Crippen MR) is 90.4 cm³/mol. The first kappa shape index (κ1) is 17.3. The summed E-state index contributed by atoms with van der Waals surface area (Å²) in [4.78, 5) is 27.1. The van der Waals surface area contributed by atoms with Gasteiger partial charge in [-0.3, -0.25) is 9.59 Å².